The molecule has 8 heteroatoms. The Bertz CT molecular complexity index is 1050. The van der Waals surface area contributed by atoms with Crippen molar-refractivity contribution in [3.63, 3.8) is 0 Å². The van der Waals surface area contributed by atoms with Gasteiger partial charge in [-0.25, -0.2) is 9.78 Å². The second-order valence-electron chi connectivity index (χ2n) is 6.16. The van der Waals surface area contributed by atoms with Gasteiger partial charge < -0.3 is 19.7 Å². The van der Waals surface area contributed by atoms with Crippen LogP contribution in [0.1, 0.15) is 23.2 Å². The van der Waals surface area contributed by atoms with Crippen molar-refractivity contribution in [3.05, 3.63) is 52.4 Å². The molecule has 132 valence electrons. The third kappa shape index (κ3) is 2.65. The Morgan fingerprint density at radius 2 is 1.81 bits per heavy atom. The second-order valence-corrected chi connectivity index (χ2v) is 6.16. The first-order valence-electron chi connectivity index (χ1n) is 8.24. The van der Waals surface area contributed by atoms with E-state index in [9.17, 15) is 19.8 Å². The number of aromatic carboxylic acids is 1. The highest BCUT2D eigenvalue weighted by molar-refractivity contribution is 5.92. The molecule has 0 radical (unpaired) electrons. The highest BCUT2D eigenvalue weighted by atomic mass is 16.4. The topological polar surface area (TPSA) is 109 Å². The predicted molar refractivity (Wildman–Crippen MR) is 95.2 cm³/mol. The lowest BCUT2D eigenvalue weighted by Gasteiger charge is -2.17. The van der Waals surface area contributed by atoms with Gasteiger partial charge in [0, 0.05) is 31.2 Å². The maximum atomic E-state index is 12.5. The molecule has 1 aromatic carbocycles. The average Bonchev–Trinajstić information content (AvgIpc) is 3.17. The minimum absolute atomic E-state index is 0.0879. The van der Waals surface area contributed by atoms with Gasteiger partial charge >= 0.3 is 5.97 Å². The number of benzene rings is 1. The lowest BCUT2D eigenvalue weighted by molar-refractivity contribution is 0.0695. The molecule has 1 aliphatic rings. The summed E-state index contributed by atoms with van der Waals surface area (Å²) in [6.45, 7) is 1.70. The van der Waals surface area contributed by atoms with Crippen LogP contribution in [0.15, 0.2) is 41.5 Å². The van der Waals surface area contributed by atoms with Crippen LogP contribution in [0.3, 0.4) is 0 Å². The molecule has 26 heavy (non-hydrogen) atoms. The maximum Gasteiger partial charge on any atom is 0.341 e. The minimum Gasteiger partial charge on any atom is -0.508 e. The standard InChI is InChI=1S/C18H16N4O4/c23-12-5-3-11(4-6-12)22-10-14(17(25)26)15(24)13-9-19-18(20-16(13)22)21-7-1-2-8-21/h3-6,9-10,23H,1-2,7-8H2,(H,25,26). The number of hydrogen-bond donors (Lipinski definition) is 2. The number of phenols is 1. The van der Waals surface area contributed by atoms with Gasteiger partial charge in [-0.15, -0.1) is 0 Å². The summed E-state index contributed by atoms with van der Waals surface area (Å²) < 4.78 is 1.54. The van der Waals surface area contributed by atoms with Crippen LogP contribution in [0.4, 0.5) is 5.95 Å². The van der Waals surface area contributed by atoms with Gasteiger partial charge in [-0.05, 0) is 37.1 Å². The van der Waals surface area contributed by atoms with Crippen LogP contribution in [-0.2, 0) is 0 Å². The predicted octanol–water partition coefficient (Wildman–Crippen LogP) is 1.78. The highest BCUT2D eigenvalue weighted by Crippen LogP contribution is 2.22. The molecule has 0 saturated carbocycles. The van der Waals surface area contributed by atoms with Crippen molar-refractivity contribution in [2.75, 3.05) is 18.0 Å². The van der Waals surface area contributed by atoms with E-state index in [1.54, 1.807) is 16.7 Å². The SMILES string of the molecule is O=C(O)c1cn(-c2ccc(O)cc2)c2nc(N3CCCC3)ncc2c1=O. The number of fused-ring (bicyclic) bond motifs is 1. The van der Waals surface area contributed by atoms with E-state index >= 15 is 0 Å². The number of aromatic hydroxyl groups is 1. The summed E-state index contributed by atoms with van der Waals surface area (Å²) >= 11 is 0. The van der Waals surface area contributed by atoms with Crippen LogP contribution < -0.4 is 10.3 Å². The van der Waals surface area contributed by atoms with E-state index in [-0.39, 0.29) is 16.7 Å². The quantitative estimate of drug-likeness (QED) is 0.739. The molecule has 0 aliphatic carbocycles. The molecule has 3 heterocycles. The third-order valence-electron chi connectivity index (χ3n) is 4.48. The van der Waals surface area contributed by atoms with E-state index in [4.69, 9.17) is 0 Å². The van der Waals surface area contributed by atoms with Gasteiger partial charge in [0.2, 0.25) is 11.4 Å². The number of anilines is 1. The Morgan fingerprint density at radius 3 is 2.46 bits per heavy atom. The van der Waals surface area contributed by atoms with E-state index in [1.165, 1.54) is 24.5 Å². The largest absolute Gasteiger partial charge is 0.508 e. The maximum absolute atomic E-state index is 12.5. The summed E-state index contributed by atoms with van der Waals surface area (Å²) in [5.74, 6) is -0.706. The molecular weight excluding hydrogens is 336 g/mol. The summed E-state index contributed by atoms with van der Waals surface area (Å²) in [4.78, 5) is 34.8. The first-order valence-corrected chi connectivity index (χ1v) is 8.24. The fourth-order valence-corrected chi connectivity index (χ4v) is 3.13. The van der Waals surface area contributed by atoms with Gasteiger partial charge in [-0.3, -0.25) is 4.79 Å². The van der Waals surface area contributed by atoms with Crippen molar-refractivity contribution in [1.82, 2.24) is 14.5 Å². The first kappa shape index (κ1) is 16.1. The molecule has 1 aliphatic heterocycles. The molecule has 3 aromatic rings. The molecule has 0 bridgehead atoms. The number of hydrogen-bond acceptors (Lipinski definition) is 6. The van der Waals surface area contributed by atoms with Crippen molar-refractivity contribution in [3.8, 4) is 11.4 Å². The Morgan fingerprint density at radius 1 is 1.12 bits per heavy atom. The first-order chi connectivity index (χ1) is 12.5. The molecule has 1 saturated heterocycles. The Kier molecular flexibility index (Phi) is 3.80. The van der Waals surface area contributed by atoms with E-state index in [0.717, 1.165) is 25.9 Å². The molecule has 1 fully saturated rings. The fourth-order valence-electron chi connectivity index (χ4n) is 3.13. The molecular formula is C18H16N4O4. The summed E-state index contributed by atoms with van der Waals surface area (Å²) in [7, 11) is 0. The van der Waals surface area contributed by atoms with Crippen LogP contribution in [0.25, 0.3) is 16.7 Å². The molecule has 2 aromatic heterocycles. The smallest absolute Gasteiger partial charge is 0.341 e. The highest BCUT2D eigenvalue weighted by Gasteiger charge is 2.20. The Labute approximate surface area is 148 Å². The van der Waals surface area contributed by atoms with Crippen LogP contribution in [0, 0.1) is 0 Å². The molecule has 0 spiro atoms. The molecule has 0 unspecified atom stereocenters. The minimum atomic E-state index is -1.31. The molecule has 0 atom stereocenters. The Balaban J connectivity index is 2.00. The molecule has 2 N–H and O–H groups in total. The number of nitrogens with zero attached hydrogens (tertiary/aromatic N) is 4. The van der Waals surface area contributed by atoms with Crippen LogP contribution in [0.2, 0.25) is 0 Å². The lowest BCUT2D eigenvalue weighted by atomic mass is 10.2. The average molecular weight is 352 g/mol. The number of phenolic OH excluding ortho intramolecular Hbond substituents is 1. The molecule has 0 amide bonds. The van der Waals surface area contributed by atoms with Crippen molar-refractivity contribution in [1.29, 1.82) is 0 Å². The molecule has 8 nitrogen and oxygen atoms in total. The lowest BCUT2D eigenvalue weighted by Crippen LogP contribution is -2.23. The Hall–Kier alpha value is -3.42. The number of pyridine rings is 1. The number of aromatic nitrogens is 3. The zero-order chi connectivity index (χ0) is 18.3. The van der Waals surface area contributed by atoms with Crippen LogP contribution >= 0.6 is 0 Å². The monoisotopic (exact) mass is 352 g/mol. The summed E-state index contributed by atoms with van der Waals surface area (Å²) in [6, 6.07) is 6.23. The van der Waals surface area contributed by atoms with Crippen molar-refractivity contribution in [2.24, 2.45) is 0 Å². The van der Waals surface area contributed by atoms with Crippen molar-refractivity contribution >= 4 is 23.0 Å². The number of rotatable bonds is 3. The normalized spacial score (nSPS) is 14.1. The number of carbonyl (C=O) groups is 1. The summed E-state index contributed by atoms with van der Waals surface area (Å²) in [6.07, 6.45) is 4.77. The summed E-state index contributed by atoms with van der Waals surface area (Å²) in [5, 5.41) is 19.0. The van der Waals surface area contributed by atoms with Gasteiger partial charge in [0.15, 0.2) is 5.65 Å². The van der Waals surface area contributed by atoms with Gasteiger partial charge in [0.05, 0.1) is 5.39 Å². The zero-order valence-corrected chi connectivity index (χ0v) is 13.8. The van der Waals surface area contributed by atoms with E-state index in [0.29, 0.717) is 17.3 Å². The zero-order valence-electron chi connectivity index (χ0n) is 13.8. The van der Waals surface area contributed by atoms with Gasteiger partial charge in [-0.2, -0.15) is 4.98 Å². The van der Waals surface area contributed by atoms with Gasteiger partial charge in [0.25, 0.3) is 0 Å². The second kappa shape index (κ2) is 6.14. The van der Waals surface area contributed by atoms with Crippen molar-refractivity contribution < 1.29 is 15.0 Å². The number of carboxylic acid groups (broad SMARTS) is 1. The molecule has 4 rings (SSSR count). The van der Waals surface area contributed by atoms with Gasteiger partial charge in [0.1, 0.15) is 11.3 Å². The fraction of sp³-hybridized carbons (Fsp3) is 0.222. The van der Waals surface area contributed by atoms with Gasteiger partial charge in [-0.1, -0.05) is 0 Å². The van der Waals surface area contributed by atoms with E-state index in [2.05, 4.69) is 9.97 Å². The van der Waals surface area contributed by atoms with Crippen LogP contribution in [0.5, 0.6) is 5.75 Å². The number of carboxylic acids is 1. The van der Waals surface area contributed by atoms with E-state index in [1.807, 2.05) is 4.90 Å². The van der Waals surface area contributed by atoms with Crippen molar-refractivity contribution in [2.45, 2.75) is 12.8 Å². The van der Waals surface area contributed by atoms with Crippen LogP contribution in [-0.4, -0.2) is 43.8 Å². The summed E-state index contributed by atoms with van der Waals surface area (Å²) in [5.41, 5.74) is -0.0532. The third-order valence-corrected chi connectivity index (χ3v) is 4.48. The van der Waals surface area contributed by atoms with E-state index < -0.39 is 11.4 Å².